The zero-order chi connectivity index (χ0) is 13.0. The van der Waals surface area contributed by atoms with Gasteiger partial charge in [0.2, 0.25) is 0 Å². The van der Waals surface area contributed by atoms with Gasteiger partial charge in [0.25, 0.3) is 0 Å². The van der Waals surface area contributed by atoms with E-state index in [1.54, 1.807) is 18.3 Å². The van der Waals surface area contributed by atoms with E-state index in [1.165, 1.54) is 0 Å². The van der Waals surface area contributed by atoms with Gasteiger partial charge in [0.15, 0.2) is 11.1 Å². The lowest BCUT2D eigenvalue weighted by molar-refractivity contribution is 0.203. The average molecular weight is 397 g/mol. The Labute approximate surface area is 134 Å². The average Bonchev–Trinajstić information content (AvgIpc) is 2.90. The molecule has 1 unspecified atom stereocenters. The van der Waals surface area contributed by atoms with Gasteiger partial charge in [0, 0.05) is 37.8 Å². The van der Waals surface area contributed by atoms with Gasteiger partial charge in [0.1, 0.15) is 0 Å². The quantitative estimate of drug-likeness (QED) is 0.443. The Morgan fingerprint density at radius 2 is 2.21 bits per heavy atom. The van der Waals surface area contributed by atoms with Gasteiger partial charge in [-0.3, -0.25) is 4.99 Å². The standard InChI is InChI=1S/C11H19N5OS.HI/c1-9(17)8-14-10(12)15-3-5-16(6-4-15)11-13-2-7-18-11;/h2,7,9,17H,3-6,8H2,1H3,(H2,12,14);1H. The van der Waals surface area contributed by atoms with Crippen molar-refractivity contribution >= 4 is 46.4 Å². The van der Waals surface area contributed by atoms with Gasteiger partial charge in [-0.05, 0) is 6.92 Å². The molecule has 0 aromatic carbocycles. The summed E-state index contributed by atoms with van der Waals surface area (Å²) in [5.74, 6) is 0.523. The number of anilines is 1. The maximum Gasteiger partial charge on any atom is 0.191 e. The Kier molecular flexibility index (Phi) is 6.80. The number of hydrogen-bond donors (Lipinski definition) is 2. The van der Waals surface area contributed by atoms with Crippen LogP contribution in [0.1, 0.15) is 6.92 Å². The minimum absolute atomic E-state index is 0. The lowest BCUT2D eigenvalue weighted by Gasteiger charge is -2.35. The number of aromatic nitrogens is 1. The van der Waals surface area contributed by atoms with Gasteiger partial charge < -0.3 is 20.6 Å². The second kappa shape index (κ2) is 7.85. The minimum atomic E-state index is -0.444. The molecule has 1 aromatic heterocycles. The van der Waals surface area contributed by atoms with Crippen molar-refractivity contribution in [1.82, 2.24) is 9.88 Å². The van der Waals surface area contributed by atoms with Gasteiger partial charge in [0.05, 0.1) is 12.6 Å². The SMILES string of the molecule is CC(O)CN=C(N)N1CCN(c2nccs2)CC1.I. The molecule has 0 aliphatic carbocycles. The maximum atomic E-state index is 9.17. The van der Waals surface area contributed by atoms with Crippen LogP contribution in [0, 0.1) is 0 Å². The van der Waals surface area contributed by atoms with Crippen LogP contribution in [-0.2, 0) is 0 Å². The number of halogens is 1. The topological polar surface area (TPSA) is 78.0 Å². The van der Waals surface area contributed by atoms with Crippen molar-refractivity contribution in [2.24, 2.45) is 10.7 Å². The Balaban J connectivity index is 0.00000180. The summed E-state index contributed by atoms with van der Waals surface area (Å²) in [5.41, 5.74) is 5.89. The predicted molar refractivity (Wildman–Crippen MR) is 89.5 cm³/mol. The van der Waals surface area contributed by atoms with E-state index in [2.05, 4.69) is 14.9 Å². The number of guanidine groups is 1. The van der Waals surface area contributed by atoms with Crippen LogP contribution in [0.25, 0.3) is 0 Å². The van der Waals surface area contributed by atoms with Crippen molar-refractivity contribution in [3.05, 3.63) is 11.6 Å². The fourth-order valence-corrected chi connectivity index (χ4v) is 2.52. The fourth-order valence-electron chi connectivity index (χ4n) is 1.82. The summed E-state index contributed by atoms with van der Waals surface area (Å²) in [4.78, 5) is 12.8. The van der Waals surface area contributed by atoms with Crippen LogP contribution in [-0.4, -0.2) is 59.8 Å². The molecule has 0 amide bonds. The Morgan fingerprint density at radius 3 is 2.74 bits per heavy atom. The minimum Gasteiger partial charge on any atom is -0.391 e. The molecule has 0 radical (unpaired) electrons. The number of aliphatic imine (C=N–C) groups is 1. The van der Waals surface area contributed by atoms with E-state index in [9.17, 15) is 5.11 Å². The molecule has 0 saturated carbocycles. The van der Waals surface area contributed by atoms with Crippen LogP contribution in [0.2, 0.25) is 0 Å². The van der Waals surface area contributed by atoms with Crippen molar-refractivity contribution in [1.29, 1.82) is 0 Å². The highest BCUT2D eigenvalue weighted by molar-refractivity contribution is 14.0. The first-order chi connectivity index (χ1) is 8.66. The number of hydrogen-bond acceptors (Lipinski definition) is 5. The van der Waals surface area contributed by atoms with Crippen molar-refractivity contribution in [3.8, 4) is 0 Å². The van der Waals surface area contributed by atoms with Gasteiger partial charge >= 0.3 is 0 Å². The fraction of sp³-hybridized carbons (Fsp3) is 0.636. The Morgan fingerprint density at radius 1 is 1.53 bits per heavy atom. The molecule has 2 heterocycles. The normalized spacial score (nSPS) is 18.1. The highest BCUT2D eigenvalue weighted by Crippen LogP contribution is 2.18. The Hall–Kier alpha value is -0.610. The van der Waals surface area contributed by atoms with E-state index in [-0.39, 0.29) is 24.0 Å². The van der Waals surface area contributed by atoms with Crippen LogP contribution in [0.5, 0.6) is 0 Å². The molecule has 0 spiro atoms. The lowest BCUT2D eigenvalue weighted by Crippen LogP contribution is -2.51. The van der Waals surface area contributed by atoms with E-state index in [1.807, 2.05) is 16.5 Å². The van der Waals surface area contributed by atoms with Crippen molar-refractivity contribution in [2.45, 2.75) is 13.0 Å². The van der Waals surface area contributed by atoms with Crippen molar-refractivity contribution in [3.63, 3.8) is 0 Å². The van der Waals surface area contributed by atoms with Gasteiger partial charge in [-0.15, -0.1) is 35.3 Å². The summed E-state index contributed by atoms with van der Waals surface area (Å²) >= 11 is 1.65. The molecule has 3 N–H and O–H groups in total. The van der Waals surface area contributed by atoms with E-state index < -0.39 is 6.10 Å². The Bertz CT molecular complexity index is 390. The van der Waals surface area contributed by atoms with Crippen LogP contribution < -0.4 is 10.6 Å². The number of piperazine rings is 1. The second-order valence-electron chi connectivity index (χ2n) is 4.34. The first kappa shape index (κ1) is 16.4. The third kappa shape index (κ3) is 4.77. The summed E-state index contributed by atoms with van der Waals surface area (Å²) < 4.78 is 0. The van der Waals surface area contributed by atoms with Gasteiger partial charge in [-0.1, -0.05) is 0 Å². The molecule has 6 nitrogen and oxygen atoms in total. The molecule has 1 atom stereocenters. The second-order valence-corrected chi connectivity index (χ2v) is 5.21. The zero-order valence-electron chi connectivity index (χ0n) is 10.9. The van der Waals surface area contributed by atoms with Gasteiger partial charge in [-0.2, -0.15) is 0 Å². The largest absolute Gasteiger partial charge is 0.391 e. The molecule has 8 heteroatoms. The molecule has 1 aromatic rings. The molecule has 0 bridgehead atoms. The number of aliphatic hydroxyl groups excluding tert-OH is 1. The molecule has 1 fully saturated rings. The number of rotatable bonds is 3. The third-order valence-corrected chi connectivity index (χ3v) is 3.64. The molecule has 1 aliphatic rings. The van der Waals surface area contributed by atoms with E-state index in [4.69, 9.17) is 5.73 Å². The van der Waals surface area contributed by atoms with Crippen molar-refractivity contribution in [2.75, 3.05) is 37.6 Å². The first-order valence-electron chi connectivity index (χ1n) is 6.04. The first-order valence-corrected chi connectivity index (χ1v) is 6.92. The maximum absolute atomic E-state index is 9.17. The van der Waals surface area contributed by atoms with Crippen LogP contribution in [0.15, 0.2) is 16.6 Å². The summed E-state index contributed by atoms with van der Waals surface area (Å²) in [5, 5.41) is 12.2. The smallest absolute Gasteiger partial charge is 0.191 e. The van der Waals surface area contributed by atoms with E-state index in [0.29, 0.717) is 12.5 Å². The molecular weight excluding hydrogens is 377 g/mol. The zero-order valence-corrected chi connectivity index (χ0v) is 14.0. The molecular formula is C11H20IN5OS. The summed E-state index contributed by atoms with van der Waals surface area (Å²) in [6.45, 7) is 5.55. The van der Waals surface area contributed by atoms with Gasteiger partial charge in [-0.25, -0.2) is 4.98 Å². The van der Waals surface area contributed by atoms with Crippen LogP contribution in [0.4, 0.5) is 5.13 Å². The molecule has 19 heavy (non-hydrogen) atoms. The number of nitrogens with two attached hydrogens (primary N) is 1. The van der Waals surface area contributed by atoms with Crippen molar-refractivity contribution < 1.29 is 5.11 Å². The highest BCUT2D eigenvalue weighted by Gasteiger charge is 2.19. The predicted octanol–water partition coefficient (Wildman–Crippen LogP) is 0.579. The van der Waals surface area contributed by atoms with E-state index >= 15 is 0 Å². The summed E-state index contributed by atoms with van der Waals surface area (Å²) in [6, 6.07) is 0. The third-order valence-electron chi connectivity index (χ3n) is 2.81. The number of thiazole rings is 1. The molecule has 108 valence electrons. The lowest BCUT2D eigenvalue weighted by atomic mass is 10.3. The summed E-state index contributed by atoms with van der Waals surface area (Å²) in [6.07, 6.45) is 1.38. The molecule has 1 aliphatic heterocycles. The number of nitrogens with zero attached hydrogens (tertiary/aromatic N) is 4. The molecule has 2 rings (SSSR count). The van der Waals surface area contributed by atoms with E-state index in [0.717, 1.165) is 31.3 Å². The summed E-state index contributed by atoms with van der Waals surface area (Å²) in [7, 11) is 0. The molecule has 1 saturated heterocycles. The highest BCUT2D eigenvalue weighted by atomic mass is 127. The number of aliphatic hydroxyl groups is 1. The van der Waals surface area contributed by atoms with Crippen LogP contribution >= 0.6 is 35.3 Å². The monoisotopic (exact) mass is 397 g/mol. The van der Waals surface area contributed by atoms with Crippen LogP contribution in [0.3, 0.4) is 0 Å².